The summed E-state index contributed by atoms with van der Waals surface area (Å²) < 4.78 is 61.2. The highest BCUT2D eigenvalue weighted by Crippen LogP contribution is 2.37. The quantitative estimate of drug-likeness (QED) is 0.277. The number of nitrogens with zero attached hydrogens (tertiary/aromatic N) is 2. The van der Waals surface area contributed by atoms with Gasteiger partial charge in [0.25, 0.3) is 5.91 Å². The van der Waals surface area contributed by atoms with E-state index in [1.807, 2.05) is 5.32 Å². The van der Waals surface area contributed by atoms with Crippen LogP contribution in [0, 0.1) is 12.7 Å². The predicted octanol–water partition coefficient (Wildman–Crippen LogP) is 5.63. The van der Waals surface area contributed by atoms with Crippen molar-refractivity contribution < 1.29 is 31.9 Å². The van der Waals surface area contributed by atoms with Crippen LogP contribution in [0.1, 0.15) is 45.1 Å². The first-order chi connectivity index (χ1) is 15.4. The molecule has 1 N–H and O–H groups in total. The third-order valence-electron chi connectivity index (χ3n) is 4.96. The lowest BCUT2D eigenvalue weighted by Gasteiger charge is -2.23. The summed E-state index contributed by atoms with van der Waals surface area (Å²) in [5.41, 5.74) is 0.152. The van der Waals surface area contributed by atoms with Gasteiger partial charge in [-0.05, 0) is 43.7 Å². The normalized spacial score (nSPS) is 12.6. The second kappa shape index (κ2) is 9.18. The molecule has 1 unspecified atom stereocenters. The minimum absolute atomic E-state index is 0.116. The van der Waals surface area contributed by atoms with Crippen molar-refractivity contribution in [2.45, 2.75) is 32.6 Å². The Morgan fingerprint density at radius 1 is 1.18 bits per heavy atom. The van der Waals surface area contributed by atoms with Crippen molar-refractivity contribution in [3.63, 3.8) is 0 Å². The summed E-state index contributed by atoms with van der Waals surface area (Å²) >= 11 is 11.3. The average Bonchev–Trinajstić information content (AvgIpc) is 3.10. The number of nitrogens with one attached hydrogen (secondary N) is 1. The lowest BCUT2D eigenvalue weighted by Crippen LogP contribution is -2.39. The first-order valence-corrected chi connectivity index (χ1v) is 10.3. The number of rotatable bonds is 5. The van der Waals surface area contributed by atoms with Crippen molar-refractivity contribution in [2.75, 3.05) is 7.11 Å². The number of aromatic nitrogens is 2. The fourth-order valence-corrected chi connectivity index (χ4v) is 3.90. The Balaban J connectivity index is 2.07. The van der Waals surface area contributed by atoms with Gasteiger partial charge in [0.2, 0.25) is 0 Å². The van der Waals surface area contributed by atoms with Gasteiger partial charge in [-0.15, -0.1) is 0 Å². The van der Waals surface area contributed by atoms with Gasteiger partial charge in [0, 0.05) is 11.9 Å². The van der Waals surface area contributed by atoms with Gasteiger partial charge in [0.1, 0.15) is 11.3 Å². The Bertz CT molecular complexity index is 1230. The second-order valence-electron chi connectivity index (χ2n) is 7.05. The first-order valence-electron chi connectivity index (χ1n) is 9.50. The molecule has 6 nitrogen and oxygen atoms in total. The Kier molecular flexibility index (Phi) is 6.90. The molecule has 0 saturated heterocycles. The highest BCUT2D eigenvalue weighted by molar-refractivity contribution is 6.35. The zero-order chi connectivity index (χ0) is 24.7. The molecule has 176 valence electrons. The molecule has 0 saturated carbocycles. The zero-order valence-corrected chi connectivity index (χ0v) is 19.0. The molecule has 12 heteroatoms. The lowest BCUT2D eigenvalue weighted by molar-refractivity contribution is -0.155. The van der Waals surface area contributed by atoms with E-state index in [4.69, 9.17) is 27.9 Å². The van der Waals surface area contributed by atoms with Crippen LogP contribution in [0.4, 0.5) is 17.6 Å². The van der Waals surface area contributed by atoms with Gasteiger partial charge < -0.3 is 14.6 Å². The second-order valence-corrected chi connectivity index (χ2v) is 7.86. The van der Waals surface area contributed by atoms with Crippen molar-refractivity contribution >= 4 is 46.1 Å². The maximum Gasteiger partial charge on any atom is 0.412 e. The number of hydrogen-bond acceptors (Lipinski definition) is 4. The fourth-order valence-electron chi connectivity index (χ4n) is 3.40. The molecule has 0 bridgehead atoms. The Hall–Kier alpha value is -2.85. The van der Waals surface area contributed by atoms with Gasteiger partial charge in [0.05, 0.1) is 28.4 Å². The van der Waals surface area contributed by atoms with E-state index in [2.05, 4.69) is 4.98 Å². The average molecular weight is 506 g/mol. The molecule has 0 spiro atoms. The molecule has 1 atom stereocenters. The van der Waals surface area contributed by atoms with Crippen LogP contribution in [-0.4, -0.2) is 34.7 Å². The van der Waals surface area contributed by atoms with Crippen LogP contribution < -0.4 is 5.32 Å². The number of alkyl halides is 3. The number of carbonyl (C=O) groups is 2. The summed E-state index contributed by atoms with van der Waals surface area (Å²) in [6.07, 6.45) is -4.93. The van der Waals surface area contributed by atoms with Crippen LogP contribution in [0.25, 0.3) is 11.0 Å². The maximum absolute atomic E-state index is 13.8. The largest absolute Gasteiger partial charge is 0.465 e. The molecule has 2 aromatic heterocycles. The van der Waals surface area contributed by atoms with Crippen molar-refractivity contribution in [3.8, 4) is 0 Å². The summed E-state index contributed by atoms with van der Waals surface area (Å²) in [5, 5.41) is 1.06. The van der Waals surface area contributed by atoms with E-state index in [-0.39, 0.29) is 17.8 Å². The van der Waals surface area contributed by atoms with Crippen molar-refractivity contribution in [2.24, 2.45) is 0 Å². The van der Waals surface area contributed by atoms with Crippen LogP contribution in [0.15, 0.2) is 24.3 Å². The molecule has 1 aromatic carbocycles. The number of esters is 1. The molecule has 3 aromatic rings. The first kappa shape index (κ1) is 24.8. The summed E-state index contributed by atoms with van der Waals surface area (Å²) in [5.74, 6) is -2.77. The number of fused-ring (bicyclic) bond motifs is 1. The number of aryl methyl sites for hydroxylation is 2. The van der Waals surface area contributed by atoms with Gasteiger partial charge in [-0.1, -0.05) is 23.2 Å². The number of carbonyl (C=O) groups excluding carboxylic acids is 2. The zero-order valence-electron chi connectivity index (χ0n) is 17.5. The summed E-state index contributed by atoms with van der Waals surface area (Å²) in [4.78, 5) is 29.2. The van der Waals surface area contributed by atoms with Crippen molar-refractivity contribution in [1.82, 2.24) is 14.9 Å². The molecule has 1 amide bonds. The van der Waals surface area contributed by atoms with Gasteiger partial charge >= 0.3 is 12.1 Å². The monoisotopic (exact) mass is 505 g/mol. The predicted molar refractivity (Wildman–Crippen MR) is 114 cm³/mol. The highest BCUT2D eigenvalue weighted by Gasteiger charge is 2.43. The van der Waals surface area contributed by atoms with Gasteiger partial charge in [-0.2, -0.15) is 13.2 Å². The molecular weight excluding hydrogens is 489 g/mol. The van der Waals surface area contributed by atoms with Crippen molar-refractivity contribution in [1.29, 1.82) is 0 Å². The number of pyridine rings is 1. The minimum Gasteiger partial charge on any atom is -0.465 e. The SMILES string of the molecule is CCn1c(C(=O)NC(c2cc(Cl)c(F)c(Cl)c2)C(F)(F)F)cc2cc(C(=O)OC)c(C)nc21. The van der Waals surface area contributed by atoms with E-state index in [1.165, 1.54) is 23.8 Å². The van der Waals surface area contributed by atoms with Crippen LogP contribution in [-0.2, 0) is 11.3 Å². The van der Waals surface area contributed by atoms with Crippen LogP contribution in [0.5, 0.6) is 0 Å². The Morgan fingerprint density at radius 2 is 1.79 bits per heavy atom. The third-order valence-corrected chi connectivity index (χ3v) is 5.51. The fraction of sp³-hybridized carbons (Fsp3) is 0.286. The number of methoxy groups -OCH3 is 1. The maximum atomic E-state index is 13.8. The minimum atomic E-state index is -4.93. The number of hydrogen-bond donors (Lipinski definition) is 1. The topological polar surface area (TPSA) is 73.2 Å². The molecule has 33 heavy (non-hydrogen) atoms. The standard InChI is InChI=1S/C21H17Cl2F4N3O3/c1-4-30-15(8-11-5-12(20(32)33-3)9(2)28-18(11)30)19(31)29-17(21(25,26)27)10-6-13(22)16(24)14(23)7-10/h5-8,17H,4H2,1-3H3,(H,29,31). The highest BCUT2D eigenvalue weighted by atomic mass is 35.5. The van der Waals surface area contributed by atoms with Crippen molar-refractivity contribution in [3.05, 3.63) is 62.6 Å². The molecule has 0 aliphatic heterocycles. The number of benzene rings is 1. The summed E-state index contributed by atoms with van der Waals surface area (Å²) in [7, 11) is 1.20. The molecule has 3 rings (SSSR count). The van der Waals surface area contributed by atoms with E-state index in [9.17, 15) is 27.2 Å². The number of halogens is 6. The van der Waals surface area contributed by atoms with Gasteiger partial charge in [-0.3, -0.25) is 4.79 Å². The summed E-state index contributed by atoms with van der Waals surface area (Å²) in [6.45, 7) is 3.46. The molecule has 0 radical (unpaired) electrons. The lowest BCUT2D eigenvalue weighted by atomic mass is 10.1. The molecule has 0 fully saturated rings. The van der Waals surface area contributed by atoms with Crippen LogP contribution >= 0.6 is 23.2 Å². The Labute approximate surface area is 195 Å². The Morgan fingerprint density at radius 3 is 2.30 bits per heavy atom. The molecule has 0 aliphatic carbocycles. The number of amides is 1. The summed E-state index contributed by atoms with van der Waals surface area (Å²) in [6, 6.07) is 1.77. The van der Waals surface area contributed by atoms with Crippen LogP contribution in [0.2, 0.25) is 10.0 Å². The van der Waals surface area contributed by atoms with Gasteiger partial charge in [0.15, 0.2) is 11.9 Å². The van der Waals surface area contributed by atoms with E-state index >= 15 is 0 Å². The van der Waals surface area contributed by atoms with E-state index < -0.39 is 45.5 Å². The smallest absolute Gasteiger partial charge is 0.412 e. The van der Waals surface area contributed by atoms with Crippen LogP contribution in [0.3, 0.4) is 0 Å². The molecule has 0 aliphatic rings. The number of ether oxygens (including phenoxy) is 1. The van der Waals surface area contributed by atoms with E-state index in [1.54, 1.807) is 13.8 Å². The molecule has 2 heterocycles. The molecular formula is C21H17Cl2F4N3O3. The van der Waals surface area contributed by atoms with Gasteiger partial charge in [-0.25, -0.2) is 14.2 Å². The van der Waals surface area contributed by atoms with E-state index in [0.717, 1.165) is 12.1 Å². The van der Waals surface area contributed by atoms with E-state index in [0.29, 0.717) is 16.7 Å². The third kappa shape index (κ3) is 4.77.